The largest absolute Gasteiger partial charge is 0.452 e. The molecule has 1 aromatic carbocycles. The van der Waals surface area contributed by atoms with Crippen LogP contribution in [0.1, 0.15) is 16.3 Å². The maximum atomic E-state index is 12.8. The van der Waals surface area contributed by atoms with Crippen molar-refractivity contribution in [2.45, 2.75) is 6.54 Å². The third-order valence-corrected chi connectivity index (χ3v) is 3.20. The van der Waals surface area contributed by atoms with Crippen LogP contribution in [0.25, 0.3) is 0 Å². The van der Waals surface area contributed by atoms with Gasteiger partial charge in [-0.1, -0.05) is 0 Å². The summed E-state index contributed by atoms with van der Waals surface area (Å²) in [5, 5.41) is 6.52. The van der Waals surface area contributed by atoms with Crippen molar-refractivity contribution in [3.05, 3.63) is 72.2 Å². The quantitative estimate of drug-likeness (QED) is 0.695. The highest BCUT2D eigenvalue weighted by molar-refractivity contribution is 5.94. The van der Waals surface area contributed by atoms with Gasteiger partial charge in [0.15, 0.2) is 6.61 Å². The molecule has 1 N–H and O–H groups in total. The fraction of sp³-hybridized carbons (Fsp3) is 0.118. The Hall–Kier alpha value is -3.42. The van der Waals surface area contributed by atoms with E-state index in [1.807, 2.05) is 0 Å². The van der Waals surface area contributed by atoms with E-state index in [0.717, 1.165) is 0 Å². The van der Waals surface area contributed by atoms with E-state index in [1.54, 1.807) is 29.2 Å². The Balaban J connectivity index is 1.49. The van der Waals surface area contributed by atoms with Crippen LogP contribution < -0.4 is 5.32 Å². The smallest absolute Gasteiger partial charge is 0.374 e. The van der Waals surface area contributed by atoms with Gasteiger partial charge in [-0.3, -0.25) is 9.48 Å². The van der Waals surface area contributed by atoms with Crippen LogP contribution in [0.4, 0.5) is 10.1 Å². The average molecular weight is 343 g/mol. The monoisotopic (exact) mass is 343 g/mol. The van der Waals surface area contributed by atoms with Crippen molar-refractivity contribution in [3.8, 4) is 0 Å². The number of rotatable bonds is 6. The number of anilines is 1. The topological polar surface area (TPSA) is 86.4 Å². The van der Waals surface area contributed by atoms with Crippen molar-refractivity contribution >= 4 is 17.6 Å². The summed E-state index contributed by atoms with van der Waals surface area (Å²) in [6.45, 7) is -0.100. The lowest BCUT2D eigenvalue weighted by Gasteiger charge is -2.05. The van der Waals surface area contributed by atoms with Crippen molar-refractivity contribution in [2.75, 3.05) is 11.9 Å². The van der Waals surface area contributed by atoms with E-state index in [9.17, 15) is 14.0 Å². The lowest BCUT2D eigenvalue weighted by atomic mass is 10.3. The molecule has 0 aliphatic rings. The summed E-state index contributed by atoms with van der Waals surface area (Å²) in [6, 6.07) is 10.1. The summed E-state index contributed by atoms with van der Waals surface area (Å²) in [5.74, 6) is -1.17. The van der Waals surface area contributed by atoms with Crippen LogP contribution in [-0.4, -0.2) is 28.3 Å². The van der Waals surface area contributed by atoms with Crippen molar-refractivity contribution in [2.24, 2.45) is 0 Å². The number of hydrogen-bond donors (Lipinski definition) is 1. The first-order valence-electron chi connectivity index (χ1n) is 7.39. The summed E-state index contributed by atoms with van der Waals surface area (Å²) in [6.07, 6.45) is 3.40. The van der Waals surface area contributed by atoms with Crippen LogP contribution in [0.2, 0.25) is 0 Å². The van der Waals surface area contributed by atoms with E-state index < -0.39 is 24.3 Å². The number of esters is 1. The number of carbonyl (C=O) groups is 2. The highest BCUT2D eigenvalue weighted by Crippen LogP contribution is 2.11. The van der Waals surface area contributed by atoms with E-state index >= 15 is 0 Å². The maximum absolute atomic E-state index is 12.8. The van der Waals surface area contributed by atoms with Gasteiger partial charge in [0.1, 0.15) is 11.6 Å². The molecule has 0 fully saturated rings. The predicted molar refractivity (Wildman–Crippen MR) is 85.3 cm³/mol. The van der Waals surface area contributed by atoms with Gasteiger partial charge >= 0.3 is 5.97 Å². The summed E-state index contributed by atoms with van der Waals surface area (Å²) in [5.41, 5.74) is 0.405. The minimum atomic E-state index is -0.749. The number of hydrogen-bond acceptors (Lipinski definition) is 5. The normalized spacial score (nSPS) is 10.4. The lowest BCUT2D eigenvalue weighted by molar-refractivity contribution is -0.119. The Morgan fingerprint density at radius 1 is 1.20 bits per heavy atom. The summed E-state index contributed by atoms with van der Waals surface area (Å²) in [4.78, 5) is 23.6. The second kappa shape index (κ2) is 7.43. The fourth-order valence-corrected chi connectivity index (χ4v) is 2.06. The Kier molecular flexibility index (Phi) is 4.89. The first-order chi connectivity index (χ1) is 12.1. The van der Waals surface area contributed by atoms with Gasteiger partial charge in [-0.15, -0.1) is 0 Å². The standard InChI is InChI=1S/C17H14FN3O4/c18-12-2-4-13(5-3-12)20-16(22)11-24-17(23)15-7-6-14(25-15)10-21-9-1-8-19-21/h1-9H,10-11H2,(H,20,22). The molecule has 3 aromatic rings. The predicted octanol–water partition coefficient (Wildman–Crippen LogP) is 2.46. The van der Waals surface area contributed by atoms with Crippen molar-refractivity contribution in [1.29, 1.82) is 0 Å². The third-order valence-electron chi connectivity index (χ3n) is 3.20. The highest BCUT2D eigenvalue weighted by Gasteiger charge is 2.15. The highest BCUT2D eigenvalue weighted by atomic mass is 19.1. The first kappa shape index (κ1) is 16.4. The van der Waals surface area contributed by atoms with Crippen molar-refractivity contribution in [3.63, 3.8) is 0 Å². The minimum absolute atomic E-state index is 0.00302. The zero-order chi connectivity index (χ0) is 17.6. The number of nitrogens with one attached hydrogen (secondary N) is 1. The number of aromatic nitrogens is 2. The van der Waals surface area contributed by atoms with Crippen LogP contribution in [0, 0.1) is 5.82 Å². The SMILES string of the molecule is O=C(COC(=O)c1ccc(Cn2cccn2)o1)Nc1ccc(F)cc1. The number of benzene rings is 1. The van der Waals surface area contributed by atoms with Crippen LogP contribution in [0.3, 0.4) is 0 Å². The molecule has 0 spiro atoms. The summed E-state index contributed by atoms with van der Waals surface area (Å²) < 4.78 is 24.7. The molecule has 0 aliphatic carbocycles. The molecule has 7 nitrogen and oxygen atoms in total. The lowest BCUT2D eigenvalue weighted by Crippen LogP contribution is -2.20. The molecule has 0 aliphatic heterocycles. The molecule has 3 rings (SSSR count). The molecule has 2 aromatic heterocycles. The van der Waals surface area contributed by atoms with Gasteiger partial charge in [0.25, 0.3) is 5.91 Å². The molecule has 25 heavy (non-hydrogen) atoms. The van der Waals surface area contributed by atoms with E-state index in [4.69, 9.17) is 9.15 Å². The molecule has 1 amide bonds. The van der Waals surface area contributed by atoms with Gasteiger partial charge in [-0.05, 0) is 42.5 Å². The van der Waals surface area contributed by atoms with Crippen molar-refractivity contribution < 1.29 is 23.1 Å². The summed E-state index contributed by atoms with van der Waals surface area (Å²) in [7, 11) is 0. The van der Waals surface area contributed by atoms with Crippen LogP contribution in [0.5, 0.6) is 0 Å². The van der Waals surface area contributed by atoms with Gasteiger partial charge in [-0.25, -0.2) is 9.18 Å². The molecule has 0 saturated heterocycles. The molecular formula is C17H14FN3O4. The Bertz CT molecular complexity index is 856. The van der Waals surface area contributed by atoms with E-state index in [2.05, 4.69) is 10.4 Å². The van der Waals surface area contributed by atoms with Crippen molar-refractivity contribution in [1.82, 2.24) is 9.78 Å². The molecule has 0 bridgehead atoms. The Morgan fingerprint density at radius 2 is 2.00 bits per heavy atom. The van der Waals surface area contributed by atoms with E-state index in [-0.39, 0.29) is 5.76 Å². The Labute approximate surface area is 142 Å². The molecular weight excluding hydrogens is 329 g/mol. The molecule has 0 atom stereocenters. The molecule has 128 valence electrons. The minimum Gasteiger partial charge on any atom is -0.452 e. The Morgan fingerprint density at radius 3 is 2.72 bits per heavy atom. The number of carbonyl (C=O) groups excluding carboxylic acids is 2. The molecule has 0 saturated carbocycles. The molecule has 8 heteroatoms. The van der Waals surface area contributed by atoms with Gasteiger partial charge in [0.05, 0.1) is 6.54 Å². The van der Waals surface area contributed by atoms with Gasteiger partial charge in [-0.2, -0.15) is 5.10 Å². The van der Waals surface area contributed by atoms with Crippen LogP contribution in [-0.2, 0) is 16.1 Å². The number of nitrogens with zero attached hydrogens (tertiary/aromatic N) is 2. The molecule has 2 heterocycles. The van der Waals surface area contributed by atoms with Gasteiger partial charge < -0.3 is 14.5 Å². The number of amides is 1. The second-order valence-electron chi connectivity index (χ2n) is 5.10. The summed E-state index contributed by atoms with van der Waals surface area (Å²) >= 11 is 0. The fourth-order valence-electron chi connectivity index (χ4n) is 2.06. The first-order valence-corrected chi connectivity index (χ1v) is 7.39. The molecule has 0 radical (unpaired) electrons. The van der Waals surface area contributed by atoms with E-state index in [1.165, 1.54) is 30.3 Å². The van der Waals surface area contributed by atoms with E-state index in [0.29, 0.717) is 18.0 Å². The average Bonchev–Trinajstić information content (AvgIpc) is 3.27. The van der Waals surface area contributed by atoms with Crippen LogP contribution >= 0.6 is 0 Å². The number of ether oxygens (including phenoxy) is 1. The number of furan rings is 1. The number of halogens is 1. The van der Waals surface area contributed by atoms with Crippen LogP contribution in [0.15, 0.2) is 59.3 Å². The third kappa shape index (κ3) is 4.54. The van der Waals surface area contributed by atoms with Gasteiger partial charge in [0, 0.05) is 18.1 Å². The molecule has 0 unspecified atom stereocenters. The van der Waals surface area contributed by atoms with Gasteiger partial charge in [0.2, 0.25) is 5.76 Å². The zero-order valence-corrected chi connectivity index (χ0v) is 13.0. The zero-order valence-electron chi connectivity index (χ0n) is 13.0. The maximum Gasteiger partial charge on any atom is 0.374 e. The second-order valence-corrected chi connectivity index (χ2v) is 5.10.